The second-order valence-corrected chi connectivity index (χ2v) is 5.16. The molecule has 1 heterocycles. The minimum atomic E-state index is -0.631. The zero-order chi connectivity index (χ0) is 15.2. The quantitative estimate of drug-likeness (QED) is 0.884. The molecule has 0 saturated heterocycles. The zero-order valence-corrected chi connectivity index (χ0v) is 12.3. The monoisotopic (exact) mass is 284 g/mol. The van der Waals surface area contributed by atoms with E-state index in [1.54, 1.807) is 32.2 Å². The largest absolute Gasteiger partial charge is 0.391 e. The number of aromatic nitrogens is 1. The Morgan fingerprint density at radius 2 is 1.95 bits per heavy atom. The Morgan fingerprint density at radius 3 is 2.62 bits per heavy atom. The van der Waals surface area contributed by atoms with Crippen LogP contribution in [-0.2, 0) is 6.42 Å². The number of aryl methyl sites for hydroxylation is 1. The third-order valence-corrected chi connectivity index (χ3v) is 3.48. The minimum Gasteiger partial charge on any atom is -0.391 e. The van der Waals surface area contributed by atoms with Crippen LogP contribution < -0.4 is 5.32 Å². The van der Waals surface area contributed by atoms with Crippen LogP contribution in [0.4, 0.5) is 0 Å². The van der Waals surface area contributed by atoms with Crippen LogP contribution in [0.3, 0.4) is 0 Å². The second kappa shape index (κ2) is 6.99. The molecule has 2 aromatic rings. The van der Waals surface area contributed by atoms with Gasteiger partial charge in [0.05, 0.1) is 17.7 Å². The average molecular weight is 284 g/mol. The van der Waals surface area contributed by atoms with Gasteiger partial charge in [0.25, 0.3) is 5.91 Å². The number of hydrogen-bond acceptors (Lipinski definition) is 3. The van der Waals surface area contributed by atoms with Crippen molar-refractivity contribution in [3.63, 3.8) is 0 Å². The Kier molecular flexibility index (Phi) is 5.06. The fourth-order valence-corrected chi connectivity index (χ4v) is 2.14. The highest BCUT2D eigenvalue weighted by Crippen LogP contribution is 2.08. The van der Waals surface area contributed by atoms with E-state index in [1.807, 2.05) is 30.3 Å². The Morgan fingerprint density at radius 1 is 1.24 bits per heavy atom. The molecule has 0 aliphatic carbocycles. The smallest absolute Gasteiger partial charge is 0.253 e. The molecule has 2 N–H and O–H groups in total. The van der Waals surface area contributed by atoms with Gasteiger partial charge in [-0.25, -0.2) is 0 Å². The number of benzene rings is 1. The molecule has 0 saturated carbocycles. The number of nitrogens with zero attached hydrogens (tertiary/aromatic N) is 1. The van der Waals surface area contributed by atoms with Gasteiger partial charge in [-0.2, -0.15) is 0 Å². The van der Waals surface area contributed by atoms with Crippen LogP contribution in [0.25, 0.3) is 0 Å². The summed E-state index contributed by atoms with van der Waals surface area (Å²) in [4.78, 5) is 16.3. The lowest BCUT2D eigenvalue weighted by atomic mass is 10.0. The highest BCUT2D eigenvalue weighted by molar-refractivity contribution is 5.95. The molecule has 4 nitrogen and oxygen atoms in total. The van der Waals surface area contributed by atoms with Crippen molar-refractivity contribution in [1.82, 2.24) is 10.3 Å². The molecule has 0 radical (unpaired) electrons. The molecule has 2 atom stereocenters. The van der Waals surface area contributed by atoms with Gasteiger partial charge in [-0.05, 0) is 31.5 Å². The highest BCUT2D eigenvalue weighted by Gasteiger charge is 2.18. The van der Waals surface area contributed by atoms with Crippen molar-refractivity contribution in [1.29, 1.82) is 0 Å². The molecule has 21 heavy (non-hydrogen) atoms. The number of rotatable bonds is 5. The number of hydrogen-bond donors (Lipinski definition) is 2. The average Bonchev–Trinajstić information content (AvgIpc) is 2.48. The number of nitrogens with one attached hydrogen (secondary N) is 1. The van der Waals surface area contributed by atoms with E-state index in [0.717, 1.165) is 5.56 Å². The normalized spacial score (nSPS) is 13.5. The van der Waals surface area contributed by atoms with Gasteiger partial charge >= 0.3 is 0 Å². The van der Waals surface area contributed by atoms with Crippen molar-refractivity contribution in [2.24, 2.45) is 0 Å². The van der Waals surface area contributed by atoms with E-state index in [4.69, 9.17) is 0 Å². The summed E-state index contributed by atoms with van der Waals surface area (Å²) in [5, 5.41) is 13.0. The zero-order valence-electron chi connectivity index (χ0n) is 12.3. The predicted molar refractivity (Wildman–Crippen MR) is 82.1 cm³/mol. The molecule has 110 valence electrons. The number of aliphatic hydroxyl groups excluding tert-OH is 1. The fourth-order valence-electron chi connectivity index (χ4n) is 2.14. The van der Waals surface area contributed by atoms with E-state index < -0.39 is 6.10 Å². The molecule has 0 aliphatic heterocycles. The van der Waals surface area contributed by atoms with Gasteiger partial charge < -0.3 is 10.4 Å². The molecular formula is C17H20N2O2. The summed E-state index contributed by atoms with van der Waals surface area (Å²) in [6, 6.07) is 12.9. The fraction of sp³-hybridized carbons (Fsp3) is 0.294. The first-order valence-electron chi connectivity index (χ1n) is 7.02. The standard InChI is InChI=1S/C17H20N2O2/c1-12-15(9-6-10-18-12)17(21)19-13(2)16(20)11-14-7-4-3-5-8-14/h3-10,13,16,20H,11H2,1-2H3,(H,19,21). The van der Waals surface area contributed by atoms with Gasteiger partial charge in [0.2, 0.25) is 0 Å². The number of carbonyl (C=O) groups is 1. The van der Waals surface area contributed by atoms with E-state index >= 15 is 0 Å². The molecule has 0 spiro atoms. The maximum absolute atomic E-state index is 12.2. The molecule has 1 aromatic carbocycles. The number of aliphatic hydroxyl groups is 1. The molecular weight excluding hydrogens is 264 g/mol. The molecule has 4 heteroatoms. The lowest BCUT2D eigenvalue weighted by molar-refractivity contribution is 0.0851. The van der Waals surface area contributed by atoms with Crippen LogP contribution in [0, 0.1) is 6.92 Å². The summed E-state index contributed by atoms with van der Waals surface area (Å²) in [6.45, 7) is 3.59. The summed E-state index contributed by atoms with van der Waals surface area (Å²) >= 11 is 0. The van der Waals surface area contributed by atoms with E-state index in [2.05, 4.69) is 10.3 Å². The molecule has 0 bridgehead atoms. The summed E-state index contributed by atoms with van der Waals surface area (Å²) in [7, 11) is 0. The van der Waals surface area contributed by atoms with E-state index in [-0.39, 0.29) is 11.9 Å². The number of carbonyl (C=O) groups excluding carboxylic acids is 1. The Hall–Kier alpha value is -2.20. The molecule has 2 rings (SSSR count). The number of amides is 1. The van der Waals surface area contributed by atoms with Crippen molar-refractivity contribution in [3.05, 3.63) is 65.5 Å². The van der Waals surface area contributed by atoms with Crippen molar-refractivity contribution in [2.75, 3.05) is 0 Å². The van der Waals surface area contributed by atoms with Crippen LogP contribution in [-0.4, -0.2) is 28.1 Å². The van der Waals surface area contributed by atoms with E-state index in [1.165, 1.54) is 0 Å². The van der Waals surface area contributed by atoms with Gasteiger partial charge in [0.1, 0.15) is 0 Å². The van der Waals surface area contributed by atoms with Crippen LogP contribution in [0.1, 0.15) is 28.5 Å². The Labute approximate surface area is 124 Å². The lowest BCUT2D eigenvalue weighted by Gasteiger charge is -2.20. The number of pyridine rings is 1. The summed E-state index contributed by atoms with van der Waals surface area (Å²) in [5.41, 5.74) is 2.26. The highest BCUT2D eigenvalue weighted by atomic mass is 16.3. The van der Waals surface area contributed by atoms with Crippen LogP contribution >= 0.6 is 0 Å². The Balaban J connectivity index is 1.96. The van der Waals surface area contributed by atoms with Gasteiger partial charge in [0, 0.05) is 18.3 Å². The SMILES string of the molecule is Cc1ncccc1C(=O)NC(C)C(O)Cc1ccccc1. The van der Waals surface area contributed by atoms with Crippen LogP contribution in [0.2, 0.25) is 0 Å². The van der Waals surface area contributed by atoms with Crippen molar-refractivity contribution in [3.8, 4) is 0 Å². The molecule has 1 amide bonds. The van der Waals surface area contributed by atoms with Crippen molar-refractivity contribution < 1.29 is 9.90 Å². The van der Waals surface area contributed by atoms with Crippen LogP contribution in [0.15, 0.2) is 48.7 Å². The lowest BCUT2D eigenvalue weighted by Crippen LogP contribution is -2.42. The minimum absolute atomic E-state index is 0.208. The summed E-state index contributed by atoms with van der Waals surface area (Å²) < 4.78 is 0. The summed E-state index contributed by atoms with van der Waals surface area (Å²) in [5.74, 6) is -0.208. The maximum Gasteiger partial charge on any atom is 0.253 e. The second-order valence-electron chi connectivity index (χ2n) is 5.16. The van der Waals surface area contributed by atoms with Crippen molar-refractivity contribution in [2.45, 2.75) is 32.4 Å². The van der Waals surface area contributed by atoms with Crippen LogP contribution in [0.5, 0.6) is 0 Å². The van der Waals surface area contributed by atoms with Gasteiger partial charge in [0.15, 0.2) is 0 Å². The first-order valence-corrected chi connectivity index (χ1v) is 7.02. The first-order chi connectivity index (χ1) is 10.1. The molecule has 0 aliphatic rings. The van der Waals surface area contributed by atoms with Gasteiger partial charge in [-0.15, -0.1) is 0 Å². The third-order valence-electron chi connectivity index (χ3n) is 3.48. The van der Waals surface area contributed by atoms with Gasteiger partial charge in [-0.3, -0.25) is 9.78 Å². The summed E-state index contributed by atoms with van der Waals surface area (Å²) in [6.07, 6.45) is 1.53. The predicted octanol–water partition coefficient (Wildman–Crippen LogP) is 2.11. The maximum atomic E-state index is 12.2. The van der Waals surface area contributed by atoms with Crippen molar-refractivity contribution >= 4 is 5.91 Å². The van der Waals surface area contributed by atoms with E-state index in [0.29, 0.717) is 17.7 Å². The molecule has 1 aromatic heterocycles. The molecule has 0 fully saturated rings. The van der Waals surface area contributed by atoms with E-state index in [9.17, 15) is 9.90 Å². The topological polar surface area (TPSA) is 62.2 Å². The first kappa shape index (κ1) is 15.2. The van der Waals surface area contributed by atoms with Gasteiger partial charge in [-0.1, -0.05) is 30.3 Å². The third kappa shape index (κ3) is 4.13. The molecule has 2 unspecified atom stereocenters. The Bertz CT molecular complexity index is 599.